The van der Waals surface area contributed by atoms with Crippen LogP contribution in [-0.2, 0) is 14.4 Å². The van der Waals surface area contributed by atoms with Gasteiger partial charge in [0.2, 0.25) is 6.41 Å². The zero-order chi connectivity index (χ0) is 6.41. The maximum Gasteiger partial charge on any atom is 0.233 e. The Morgan fingerprint density at radius 3 is 1.75 bits per heavy atom. The van der Waals surface area contributed by atoms with Gasteiger partial charge in [-0.25, -0.2) is 4.99 Å². The molecule has 42 valence electrons. The highest BCUT2D eigenvalue weighted by atomic mass is 16.1. The molecule has 0 aliphatic heterocycles. The normalized spacial score (nSPS) is 7.00. The highest BCUT2D eigenvalue weighted by Crippen LogP contribution is 1.61. The molecule has 0 heterocycles. The first-order chi connectivity index (χ1) is 3.85. The van der Waals surface area contributed by atoms with Gasteiger partial charge in [0.1, 0.15) is 5.71 Å². The molecule has 0 aromatic rings. The van der Waals surface area contributed by atoms with Crippen molar-refractivity contribution in [3.63, 3.8) is 0 Å². The quantitative estimate of drug-likeness (QED) is 0.267. The van der Waals surface area contributed by atoms with Crippen molar-refractivity contribution >= 4 is 24.7 Å². The summed E-state index contributed by atoms with van der Waals surface area (Å²) in [7, 11) is 0. The van der Waals surface area contributed by atoms with E-state index in [1.165, 1.54) is 0 Å². The molecule has 1 amide bonds. The molecule has 0 radical (unpaired) electrons. The molecule has 0 saturated heterocycles. The zero-order valence-corrected chi connectivity index (χ0v) is 3.90. The third-order valence-corrected chi connectivity index (χ3v) is 0.443. The molecule has 0 spiro atoms. The second-order valence-corrected chi connectivity index (χ2v) is 0.895. The van der Waals surface area contributed by atoms with E-state index in [9.17, 15) is 14.4 Å². The molecule has 0 fully saturated rings. The number of aliphatic imine (C=N–C) groups is 1. The second kappa shape index (κ2) is 3.86. The second-order valence-electron chi connectivity index (χ2n) is 0.895. The van der Waals surface area contributed by atoms with E-state index in [4.69, 9.17) is 0 Å². The molecule has 0 rings (SSSR count). The number of aldehydes is 2. The number of rotatable bonds is 3. The Labute approximate surface area is 45.2 Å². The summed E-state index contributed by atoms with van der Waals surface area (Å²) in [4.78, 5) is 31.5. The summed E-state index contributed by atoms with van der Waals surface area (Å²) in [6.45, 7) is 0. The first-order valence-corrected chi connectivity index (χ1v) is 1.77. The topological polar surface area (TPSA) is 63.6 Å². The lowest BCUT2D eigenvalue weighted by Gasteiger charge is -1.72. The minimum atomic E-state index is -0.389. The maximum absolute atomic E-state index is 9.61. The summed E-state index contributed by atoms with van der Waals surface area (Å²) < 4.78 is 0. The fraction of sp³-hybridized carbons (Fsp3) is 0. The average Bonchev–Trinajstić information content (AvgIpc) is 1.83. The van der Waals surface area contributed by atoms with E-state index < -0.39 is 0 Å². The van der Waals surface area contributed by atoms with Gasteiger partial charge in [0.15, 0.2) is 12.6 Å². The van der Waals surface area contributed by atoms with E-state index >= 15 is 0 Å². The van der Waals surface area contributed by atoms with Crippen LogP contribution in [0.1, 0.15) is 0 Å². The predicted molar refractivity (Wildman–Crippen MR) is 25.6 cm³/mol. The van der Waals surface area contributed by atoms with Crippen molar-refractivity contribution in [1.29, 1.82) is 0 Å². The van der Waals surface area contributed by atoms with Gasteiger partial charge in [-0.2, -0.15) is 0 Å². The Morgan fingerprint density at radius 1 is 1.12 bits per heavy atom. The highest BCUT2D eigenvalue weighted by molar-refractivity contribution is 6.53. The Bertz CT molecular complexity index is 128. The minimum Gasteiger partial charge on any atom is -0.296 e. The van der Waals surface area contributed by atoms with Crippen LogP contribution in [0.3, 0.4) is 0 Å². The maximum atomic E-state index is 9.61. The lowest BCUT2D eigenvalue weighted by molar-refractivity contribution is -0.109. The van der Waals surface area contributed by atoms with Crippen LogP contribution in [0.15, 0.2) is 4.99 Å². The molecule has 0 saturated carbocycles. The summed E-state index contributed by atoms with van der Waals surface area (Å²) in [6, 6.07) is 0. The number of nitrogens with zero attached hydrogens (tertiary/aromatic N) is 1. The van der Waals surface area contributed by atoms with Gasteiger partial charge in [0, 0.05) is 0 Å². The van der Waals surface area contributed by atoms with Crippen molar-refractivity contribution < 1.29 is 14.4 Å². The molecule has 8 heavy (non-hydrogen) atoms. The zero-order valence-electron chi connectivity index (χ0n) is 3.90. The van der Waals surface area contributed by atoms with E-state index in [0.717, 1.165) is 0 Å². The van der Waals surface area contributed by atoms with Crippen LogP contribution in [-0.4, -0.2) is 24.7 Å². The summed E-state index contributed by atoms with van der Waals surface area (Å²) >= 11 is 0. The van der Waals surface area contributed by atoms with Crippen LogP contribution in [0.4, 0.5) is 0 Å². The molecule has 0 aliphatic rings. The van der Waals surface area contributed by atoms with Crippen LogP contribution in [0, 0.1) is 0 Å². The van der Waals surface area contributed by atoms with Crippen molar-refractivity contribution in [2.75, 3.05) is 0 Å². The van der Waals surface area contributed by atoms with Crippen LogP contribution in [0.2, 0.25) is 0 Å². The first-order valence-electron chi connectivity index (χ1n) is 1.77. The standard InChI is InChI=1S/C4H3NO3/c6-1-4(2-7)5-3-8/h1-3H. The molecule has 0 atom stereocenters. The monoisotopic (exact) mass is 113 g/mol. The molecule has 4 nitrogen and oxygen atoms in total. The molecular formula is C4H3NO3. The first kappa shape index (κ1) is 6.68. The third kappa shape index (κ3) is 1.96. The fourth-order valence-corrected chi connectivity index (χ4v) is 0.149. The summed E-state index contributed by atoms with van der Waals surface area (Å²) in [5, 5.41) is 0. The number of amides is 1. The molecule has 0 aliphatic carbocycles. The van der Waals surface area contributed by atoms with Gasteiger partial charge < -0.3 is 0 Å². The fourth-order valence-electron chi connectivity index (χ4n) is 0.149. The van der Waals surface area contributed by atoms with Crippen LogP contribution >= 0.6 is 0 Å². The van der Waals surface area contributed by atoms with Crippen molar-refractivity contribution in [1.82, 2.24) is 0 Å². The molecule has 0 bridgehead atoms. The lowest BCUT2D eigenvalue weighted by Crippen LogP contribution is -2.00. The van der Waals surface area contributed by atoms with Gasteiger partial charge in [-0.1, -0.05) is 0 Å². The average molecular weight is 113 g/mol. The van der Waals surface area contributed by atoms with Crippen molar-refractivity contribution in [2.24, 2.45) is 4.99 Å². The summed E-state index contributed by atoms with van der Waals surface area (Å²) in [5.41, 5.74) is -0.389. The van der Waals surface area contributed by atoms with Crippen molar-refractivity contribution in [3.8, 4) is 0 Å². The number of hydrogen-bond acceptors (Lipinski definition) is 3. The predicted octanol–water partition coefficient (Wildman–Crippen LogP) is -1.02. The van der Waals surface area contributed by atoms with Crippen LogP contribution < -0.4 is 0 Å². The van der Waals surface area contributed by atoms with Crippen LogP contribution in [0.5, 0.6) is 0 Å². The SMILES string of the molecule is O=CN=C(C=O)C=O. The van der Waals surface area contributed by atoms with Crippen molar-refractivity contribution in [3.05, 3.63) is 0 Å². The van der Waals surface area contributed by atoms with E-state index in [-0.39, 0.29) is 24.7 Å². The molecular weight excluding hydrogens is 110 g/mol. The minimum absolute atomic E-state index is 0.137. The number of carbonyl (C=O) groups excluding carboxylic acids is 3. The van der Waals surface area contributed by atoms with Crippen LogP contribution in [0.25, 0.3) is 0 Å². The smallest absolute Gasteiger partial charge is 0.233 e. The molecule has 4 heteroatoms. The van der Waals surface area contributed by atoms with Gasteiger partial charge in [0.05, 0.1) is 0 Å². The van der Waals surface area contributed by atoms with Gasteiger partial charge in [-0.15, -0.1) is 0 Å². The van der Waals surface area contributed by atoms with Gasteiger partial charge >= 0.3 is 0 Å². The molecule has 0 aromatic carbocycles. The Kier molecular flexibility index (Phi) is 3.22. The number of hydrogen-bond donors (Lipinski definition) is 0. The highest BCUT2D eigenvalue weighted by Gasteiger charge is 1.87. The van der Waals surface area contributed by atoms with Gasteiger partial charge in [-0.05, 0) is 0 Å². The largest absolute Gasteiger partial charge is 0.296 e. The molecule has 0 N–H and O–H groups in total. The third-order valence-electron chi connectivity index (χ3n) is 0.443. The summed E-state index contributed by atoms with van der Waals surface area (Å²) in [6.07, 6.45) is 0.556. The Hall–Kier alpha value is -1.32. The van der Waals surface area contributed by atoms with Gasteiger partial charge in [0.25, 0.3) is 0 Å². The summed E-state index contributed by atoms with van der Waals surface area (Å²) in [5.74, 6) is 0. The molecule has 0 aromatic heterocycles. The van der Waals surface area contributed by atoms with E-state index in [0.29, 0.717) is 0 Å². The van der Waals surface area contributed by atoms with Crippen molar-refractivity contribution in [2.45, 2.75) is 0 Å². The van der Waals surface area contributed by atoms with E-state index in [1.54, 1.807) is 0 Å². The van der Waals surface area contributed by atoms with Gasteiger partial charge in [-0.3, -0.25) is 14.4 Å². The Balaban J connectivity index is 4.05. The van der Waals surface area contributed by atoms with E-state index in [2.05, 4.69) is 4.99 Å². The molecule has 0 unspecified atom stereocenters. The Morgan fingerprint density at radius 2 is 1.62 bits per heavy atom. The number of carbonyl (C=O) groups is 3. The lowest BCUT2D eigenvalue weighted by atomic mass is 10.5. The van der Waals surface area contributed by atoms with E-state index in [1.807, 2.05) is 0 Å².